The van der Waals surface area contributed by atoms with Crippen molar-refractivity contribution in [1.29, 1.82) is 0 Å². The predicted molar refractivity (Wildman–Crippen MR) is 55.6 cm³/mol. The third-order valence-electron chi connectivity index (χ3n) is 1.50. The van der Waals surface area contributed by atoms with Crippen LogP contribution in [-0.4, -0.2) is 31.6 Å². The summed E-state index contributed by atoms with van der Waals surface area (Å²) in [7, 11) is 1.24. The number of methoxy groups -OCH3 is 1. The Kier molecular flexibility index (Phi) is 6.68. The van der Waals surface area contributed by atoms with Crippen molar-refractivity contribution in [3.8, 4) is 12.3 Å². The lowest BCUT2D eigenvalue weighted by Crippen LogP contribution is -2.40. The second kappa shape index (κ2) is 7.59. The molecule has 0 radical (unpaired) electrons. The van der Waals surface area contributed by atoms with Crippen molar-refractivity contribution in [1.82, 2.24) is 5.32 Å². The maximum Gasteiger partial charge on any atom is 0.332 e. The molecule has 0 saturated carbocycles. The Bertz CT molecular complexity index is 292. The van der Waals surface area contributed by atoms with Crippen molar-refractivity contribution < 1.29 is 14.3 Å². The Morgan fingerprint density at radius 1 is 1.67 bits per heavy atom. The Balaban J connectivity index is 4.38. The molecule has 0 bridgehead atoms. The lowest BCUT2D eigenvalue weighted by molar-refractivity contribution is -0.143. The van der Waals surface area contributed by atoms with E-state index in [1.807, 2.05) is 0 Å². The summed E-state index contributed by atoms with van der Waals surface area (Å²) in [5, 5.41) is 2.41. The molecule has 0 fully saturated rings. The normalized spacial score (nSPS) is 11.8. The van der Waals surface area contributed by atoms with E-state index in [1.165, 1.54) is 13.2 Å². The number of amides is 1. The number of hydrogen-bond acceptors (Lipinski definition) is 4. The fourth-order valence-electron chi connectivity index (χ4n) is 0.844. The average Bonchev–Trinajstić information content (AvgIpc) is 2.23. The van der Waals surface area contributed by atoms with E-state index in [0.717, 1.165) is 0 Å². The third-order valence-corrected chi connectivity index (χ3v) is 1.50. The summed E-state index contributed by atoms with van der Waals surface area (Å²) in [5.74, 6) is 1.20. The van der Waals surface area contributed by atoms with Gasteiger partial charge in [0.05, 0.1) is 13.5 Å². The van der Waals surface area contributed by atoms with Crippen LogP contribution >= 0.6 is 0 Å². The van der Waals surface area contributed by atoms with E-state index in [-0.39, 0.29) is 13.0 Å². The van der Waals surface area contributed by atoms with Gasteiger partial charge in [0.15, 0.2) is 0 Å². The first kappa shape index (κ1) is 13.2. The van der Waals surface area contributed by atoms with Gasteiger partial charge in [0, 0.05) is 6.54 Å². The van der Waals surface area contributed by atoms with Crippen LogP contribution < -0.4 is 11.1 Å². The van der Waals surface area contributed by atoms with E-state index in [1.54, 1.807) is 6.08 Å². The molecule has 5 heteroatoms. The largest absolute Gasteiger partial charge is 0.467 e. The number of hydrogen-bond donors (Lipinski definition) is 2. The monoisotopic (exact) mass is 210 g/mol. The van der Waals surface area contributed by atoms with E-state index < -0.39 is 17.9 Å². The van der Waals surface area contributed by atoms with Crippen LogP contribution in [0.2, 0.25) is 0 Å². The van der Waals surface area contributed by atoms with Crippen LogP contribution in [0.5, 0.6) is 0 Å². The van der Waals surface area contributed by atoms with Crippen molar-refractivity contribution >= 4 is 11.9 Å². The summed E-state index contributed by atoms with van der Waals surface area (Å²) in [6.07, 6.45) is 7.88. The summed E-state index contributed by atoms with van der Waals surface area (Å²) in [4.78, 5) is 22.3. The van der Waals surface area contributed by atoms with E-state index in [4.69, 9.17) is 12.2 Å². The first-order valence-corrected chi connectivity index (χ1v) is 4.33. The van der Waals surface area contributed by atoms with Crippen LogP contribution in [0.4, 0.5) is 0 Å². The number of nitrogens with one attached hydrogen (secondary N) is 1. The number of nitrogens with two attached hydrogens (primary N) is 1. The highest BCUT2D eigenvalue weighted by molar-refractivity contribution is 5.86. The molecule has 3 N–H and O–H groups in total. The number of rotatable bonds is 5. The minimum atomic E-state index is -0.834. The molecular formula is C10H14N2O3. The summed E-state index contributed by atoms with van der Waals surface area (Å²) < 4.78 is 4.49. The molecule has 0 aromatic heterocycles. The molecule has 0 rings (SSSR count). The van der Waals surface area contributed by atoms with Gasteiger partial charge in [-0.3, -0.25) is 4.79 Å². The highest BCUT2D eigenvalue weighted by Crippen LogP contribution is 1.92. The molecule has 15 heavy (non-hydrogen) atoms. The molecular weight excluding hydrogens is 196 g/mol. The van der Waals surface area contributed by atoms with Crippen molar-refractivity contribution in [3.05, 3.63) is 12.2 Å². The van der Waals surface area contributed by atoms with Crippen LogP contribution in [0, 0.1) is 12.3 Å². The average molecular weight is 210 g/mol. The van der Waals surface area contributed by atoms with Crippen molar-refractivity contribution in [2.24, 2.45) is 5.73 Å². The number of ether oxygens (including phenoxy) is 1. The summed E-state index contributed by atoms with van der Waals surface area (Å²) >= 11 is 0. The molecule has 1 atom stereocenters. The molecule has 0 heterocycles. The van der Waals surface area contributed by atoms with Gasteiger partial charge >= 0.3 is 5.97 Å². The molecule has 0 aliphatic rings. The lowest BCUT2D eigenvalue weighted by Gasteiger charge is -2.11. The predicted octanol–water partition coefficient (Wildman–Crippen LogP) is -0.818. The van der Waals surface area contributed by atoms with E-state index in [2.05, 4.69) is 16.0 Å². The molecule has 1 amide bonds. The lowest BCUT2D eigenvalue weighted by atomic mass is 10.2. The van der Waals surface area contributed by atoms with Crippen LogP contribution in [0.3, 0.4) is 0 Å². The summed E-state index contributed by atoms with van der Waals surface area (Å²) in [6.45, 7) is 0.276. The van der Waals surface area contributed by atoms with Gasteiger partial charge in [0.1, 0.15) is 6.04 Å². The highest BCUT2D eigenvalue weighted by Gasteiger charge is 2.17. The minimum Gasteiger partial charge on any atom is -0.467 e. The van der Waals surface area contributed by atoms with Gasteiger partial charge in [-0.05, 0) is 0 Å². The van der Waals surface area contributed by atoms with E-state index in [9.17, 15) is 9.59 Å². The molecule has 0 aliphatic heterocycles. The summed E-state index contributed by atoms with van der Waals surface area (Å²) in [6, 6.07) is -0.834. The molecule has 82 valence electrons. The maximum atomic E-state index is 11.2. The van der Waals surface area contributed by atoms with Gasteiger partial charge in [0.2, 0.25) is 5.91 Å². The van der Waals surface area contributed by atoms with Gasteiger partial charge in [-0.2, -0.15) is 0 Å². The van der Waals surface area contributed by atoms with Crippen LogP contribution in [0.1, 0.15) is 6.42 Å². The standard InChI is InChI=1S/C10H14N2O3/c1-3-5-9(13)12-8(6-4-7-11)10(14)15-2/h1,4,6,8H,5,7,11H2,2H3,(H,12,13). The molecule has 0 saturated heterocycles. The molecule has 0 aromatic carbocycles. The Hall–Kier alpha value is -1.80. The third kappa shape index (κ3) is 5.49. The van der Waals surface area contributed by atoms with Crippen LogP contribution in [0.15, 0.2) is 12.2 Å². The summed E-state index contributed by atoms with van der Waals surface area (Å²) in [5.41, 5.74) is 5.22. The molecule has 1 unspecified atom stereocenters. The smallest absolute Gasteiger partial charge is 0.332 e. The van der Waals surface area contributed by atoms with E-state index >= 15 is 0 Å². The fourth-order valence-corrected chi connectivity index (χ4v) is 0.844. The van der Waals surface area contributed by atoms with Gasteiger partial charge in [-0.25, -0.2) is 4.79 Å². The fraction of sp³-hybridized carbons (Fsp3) is 0.400. The zero-order valence-electron chi connectivity index (χ0n) is 8.53. The van der Waals surface area contributed by atoms with Crippen molar-refractivity contribution in [2.45, 2.75) is 12.5 Å². The highest BCUT2D eigenvalue weighted by atomic mass is 16.5. The molecule has 0 spiro atoms. The first-order chi connectivity index (χ1) is 7.15. The van der Waals surface area contributed by atoms with Gasteiger partial charge in [-0.1, -0.05) is 18.1 Å². The topological polar surface area (TPSA) is 81.4 Å². The molecule has 5 nitrogen and oxygen atoms in total. The van der Waals surface area contributed by atoms with Crippen LogP contribution in [0.25, 0.3) is 0 Å². The zero-order chi connectivity index (χ0) is 11.7. The Morgan fingerprint density at radius 3 is 2.80 bits per heavy atom. The van der Waals surface area contributed by atoms with Crippen LogP contribution in [-0.2, 0) is 14.3 Å². The number of carbonyl (C=O) groups excluding carboxylic acids is 2. The molecule has 0 aliphatic carbocycles. The van der Waals surface area contributed by atoms with Gasteiger partial charge in [0.25, 0.3) is 0 Å². The number of esters is 1. The van der Waals surface area contributed by atoms with Crippen molar-refractivity contribution in [2.75, 3.05) is 13.7 Å². The zero-order valence-corrected chi connectivity index (χ0v) is 8.53. The SMILES string of the molecule is C#CCC(=O)NC(C=CCN)C(=O)OC. The van der Waals surface area contributed by atoms with E-state index in [0.29, 0.717) is 0 Å². The second-order valence-electron chi connectivity index (χ2n) is 2.61. The Morgan fingerprint density at radius 2 is 2.33 bits per heavy atom. The van der Waals surface area contributed by atoms with Gasteiger partial charge in [-0.15, -0.1) is 6.42 Å². The first-order valence-electron chi connectivity index (χ1n) is 4.33. The minimum absolute atomic E-state index is 0.0794. The number of terminal acetylenes is 1. The molecule has 0 aromatic rings. The second-order valence-corrected chi connectivity index (χ2v) is 2.61. The quantitative estimate of drug-likeness (QED) is 0.353. The maximum absolute atomic E-state index is 11.2. The number of carbonyl (C=O) groups is 2. The van der Waals surface area contributed by atoms with Gasteiger partial charge < -0.3 is 15.8 Å². The van der Waals surface area contributed by atoms with Crippen molar-refractivity contribution in [3.63, 3.8) is 0 Å². The Labute approximate surface area is 88.7 Å².